The fourth-order valence-electron chi connectivity index (χ4n) is 1.81. The van der Waals surface area contributed by atoms with Gasteiger partial charge in [0, 0.05) is 15.7 Å². The number of carboxylic acid groups (broad SMARTS) is 1. The van der Waals surface area contributed by atoms with Gasteiger partial charge in [-0.15, -0.1) is 0 Å². The fourth-order valence-corrected chi connectivity index (χ4v) is 2.30. The van der Waals surface area contributed by atoms with Crippen molar-refractivity contribution < 1.29 is 14.7 Å². The summed E-state index contributed by atoms with van der Waals surface area (Å²) >= 11 is 2.14. The summed E-state index contributed by atoms with van der Waals surface area (Å²) in [5.41, 5.74) is 1.64. The van der Waals surface area contributed by atoms with Gasteiger partial charge in [-0.05, 0) is 46.7 Å². The maximum absolute atomic E-state index is 12.0. The number of carbonyl (C=O) groups is 2. The molecule has 5 heteroatoms. The van der Waals surface area contributed by atoms with Gasteiger partial charge in [-0.2, -0.15) is 0 Å². The summed E-state index contributed by atoms with van der Waals surface area (Å²) in [7, 11) is 0. The number of fused-ring (bicyclic) bond motifs is 1. The van der Waals surface area contributed by atoms with Gasteiger partial charge in [0.15, 0.2) is 0 Å². The molecule has 1 aromatic carbocycles. The Balaban J connectivity index is 2.30. The van der Waals surface area contributed by atoms with Crippen molar-refractivity contribution in [3.63, 3.8) is 0 Å². The molecule has 0 unspecified atom stereocenters. The molecule has 2 rings (SSSR count). The van der Waals surface area contributed by atoms with E-state index in [9.17, 15) is 9.59 Å². The van der Waals surface area contributed by atoms with Crippen molar-refractivity contribution in [1.29, 1.82) is 0 Å². The number of amides is 1. The van der Waals surface area contributed by atoms with E-state index in [1.54, 1.807) is 0 Å². The molecule has 0 spiro atoms. The molecule has 0 saturated carbocycles. The van der Waals surface area contributed by atoms with Crippen molar-refractivity contribution in [2.24, 2.45) is 0 Å². The Morgan fingerprint density at radius 2 is 2.25 bits per heavy atom. The molecule has 0 aromatic heterocycles. The fraction of sp³-hybridized carbons (Fsp3) is 0.273. The van der Waals surface area contributed by atoms with Crippen molar-refractivity contribution in [2.75, 3.05) is 13.1 Å². The van der Waals surface area contributed by atoms with Gasteiger partial charge in [0.25, 0.3) is 5.91 Å². The molecule has 0 atom stereocenters. The number of aliphatic carboxylic acids is 1. The number of hydrogen-bond donors (Lipinski definition) is 1. The predicted molar refractivity (Wildman–Crippen MR) is 66.4 cm³/mol. The zero-order valence-electron chi connectivity index (χ0n) is 8.44. The van der Waals surface area contributed by atoms with Gasteiger partial charge in [0.1, 0.15) is 6.54 Å². The number of halogens is 1. The summed E-state index contributed by atoms with van der Waals surface area (Å²) in [5, 5.41) is 8.69. The van der Waals surface area contributed by atoms with Gasteiger partial charge >= 0.3 is 5.97 Å². The second kappa shape index (κ2) is 4.40. The molecule has 1 aliphatic heterocycles. The third-order valence-corrected chi connectivity index (χ3v) is 3.24. The highest BCUT2D eigenvalue weighted by Gasteiger charge is 2.25. The van der Waals surface area contributed by atoms with E-state index >= 15 is 0 Å². The van der Waals surface area contributed by atoms with Crippen LogP contribution in [0.2, 0.25) is 0 Å². The maximum Gasteiger partial charge on any atom is 0.323 e. The lowest BCUT2D eigenvalue weighted by molar-refractivity contribution is -0.137. The molecule has 0 aliphatic carbocycles. The minimum Gasteiger partial charge on any atom is -0.480 e. The van der Waals surface area contributed by atoms with E-state index in [0.717, 1.165) is 15.6 Å². The molecule has 1 heterocycles. The van der Waals surface area contributed by atoms with Crippen LogP contribution in [0.3, 0.4) is 0 Å². The van der Waals surface area contributed by atoms with E-state index in [4.69, 9.17) is 5.11 Å². The number of carbonyl (C=O) groups excluding carboxylic acids is 1. The van der Waals surface area contributed by atoms with Crippen LogP contribution in [0.1, 0.15) is 15.9 Å². The lowest BCUT2D eigenvalue weighted by Gasteiger charge is -2.27. The Kier molecular flexibility index (Phi) is 3.13. The van der Waals surface area contributed by atoms with Gasteiger partial charge in [0.2, 0.25) is 0 Å². The summed E-state index contributed by atoms with van der Waals surface area (Å²) < 4.78 is 0.988. The molecule has 1 amide bonds. The normalized spacial score (nSPS) is 14.8. The summed E-state index contributed by atoms with van der Waals surface area (Å²) in [6.07, 6.45) is 0.727. The Bertz CT molecular complexity index is 459. The Hall–Kier alpha value is -1.11. The van der Waals surface area contributed by atoms with E-state index in [1.165, 1.54) is 4.90 Å². The van der Waals surface area contributed by atoms with Crippen LogP contribution >= 0.6 is 22.6 Å². The first-order chi connectivity index (χ1) is 7.58. The lowest BCUT2D eigenvalue weighted by Crippen LogP contribution is -2.40. The molecule has 4 nitrogen and oxygen atoms in total. The molecule has 0 fully saturated rings. The van der Waals surface area contributed by atoms with E-state index in [0.29, 0.717) is 12.1 Å². The summed E-state index contributed by atoms with van der Waals surface area (Å²) in [4.78, 5) is 23.9. The van der Waals surface area contributed by atoms with E-state index in [1.807, 2.05) is 18.2 Å². The average Bonchev–Trinajstić information content (AvgIpc) is 2.22. The molecule has 0 bridgehead atoms. The minimum atomic E-state index is -0.970. The highest BCUT2D eigenvalue weighted by molar-refractivity contribution is 14.1. The molecule has 1 N–H and O–H groups in total. The Labute approximate surface area is 106 Å². The smallest absolute Gasteiger partial charge is 0.323 e. The Morgan fingerprint density at radius 1 is 1.50 bits per heavy atom. The molecular formula is C11H10INO3. The van der Waals surface area contributed by atoms with Crippen LogP contribution in [0.5, 0.6) is 0 Å². The van der Waals surface area contributed by atoms with Crippen LogP contribution in [0, 0.1) is 3.57 Å². The van der Waals surface area contributed by atoms with Crippen molar-refractivity contribution in [3.05, 3.63) is 32.9 Å². The summed E-state index contributed by atoms with van der Waals surface area (Å²) in [6.45, 7) is 0.266. The highest BCUT2D eigenvalue weighted by atomic mass is 127. The zero-order valence-corrected chi connectivity index (χ0v) is 10.6. The maximum atomic E-state index is 12.0. The zero-order chi connectivity index (χ0) is 11.7. The van der Waals surface area contributed by atoms with Crippen molar-refractivity contribution in [3.8, 4) is 0 Å². The largest absolute Gasteiger partial charge is 0.480 e. The van der Waals surface area contributed by atoms with Crippen LogP contribution in [0.15, 0.2) is 18.2 Å². The second-order valence-electron chi connectivity index (χ2n) is 3.67. The van der Waals surface area contributed by atoms with Gasteiger partial charge in [0.05, 0.1) is 0 Å². The predicted octanol–water partition coefficient (Wildman–Crippen LogP) is 1.37. The third kappa shape index (κ3) is 2.18. The second-order valence-corrected chi connectivity index (χ2v) is 4.92. The molecule has 1 aliphatic rings. The quantitative estimate of drug-likeness (QED) is 0.833. The lowest BCUT2D eigenvalue weighted by atomic mass is 9.99. The highest BCUT2D eigenvalue weighted by Crippen LogP contribution is 2.21. The van der Waals surface area contributed by atoms with Crippen LogP contribution in [0.25, 0.3) is 0 Å². The number of nitrogens with zero attached hydrogens (tertiary/aromatic N) is 1. The SMILES string of the molecule is O=C(O)CN1CCc2ccc(I)cc2C1=O. The Morgan fingerprint density at radius 3 is 2.94 bits per heavy atom. The first kappa shape index (κ1) is 11.4. The molecule has 16 heavy (non-hydrogen) atoms. The van der Waals surface area contributed by atoms with Crippen LogP contribution in [-0.2, 0) is 11.2 Å². The van der Waals surface area contributed by atoms with E-state index < -0.39 is 5.97 Å². The standard InChI is InChI=1S/C11H10INO3/c12-8-2-1-7-3-4-13(6-10(14)15)11(16)9(7)5-8/h1-2,5H,3-4,6H2,(H,14,15). The van der Waals surface area contributed by atoms with Crippen LogP contribution in [0.4, 0.5) is 0 Å². The van der Waals surface area contributed by atoms with Crippen molar-refractivity contribution in [1.82, 2.24) is 4.90 Å². The monoisotopic (exact) mass is 331 g/mol. The molecule has 84 valence electrons. The number of carboxylic acids is 1. The first-order valence-electron chi connectivity index (χ1n) is 4.87. The molecular weight excluding hydrogens is 321 g/mol. The van der Waals surface area contributed by atoms with Crippen LogP contribution in [-0.4, -0.2) is 35.0 Å². The summed E-state index contributed by atoms with van der Waals surface area (Å²) in [5.74, 6) is -1.15. The first-order valence-corrected chi connectivity index (χ1v) is 5.95. The number of rotatable bonds is 2. The number of benzene rings is 1. The van der Waals surface area contributed by atoms with Gasteiger partial charge in [-0.1, -0.05) is 6.07 Å². The average molecular weight is 331 g/mol. The van der Waals surface area contributed by atoms with Gasteiger partial charge in [-0.3, -0.25) is 9.59 Å². The van der Waals surface area contributed by atoms with Crippen LogP contribution < -0.4 is 0 Å². The molecule has 0 saturated heterocycles. The van der Waals surface area contributed by atoms with Crippen molar-refractivity contribution in [2.45, 2.75) is 6.42 Å². The summed E-state index contributed by atoms with van der Waals surface area (Å²) in [6, 6.07) is 5.71. The van der Waals surface area contributed by atoms with E-state index in [-0.39, 0.29) is 12.5 Å². The van der Waals surface area contributed by atoms with E-state index in [2.05, 4.69) is 22.6 Å². The van der Waals surface area contributed by atoms with Gasteiger partial charge < -0.3 is 10.0 Å². The van der Waals surface area contributed by atoms with Gasteiger partial charge in [-0.25, -0.2) is 0 Å². The minimum absolute atomic E-state index is 0.179. The topological polar surface area (TPSA) is 57.6 Å². The number of hydrogen-bond acceptors (Lipinski definition) is 2. The third-order valence-electron chi connectivity index (χ3n) is 2.57. The van der Waals surface area contributed by atoms with Crippen molar-refractivity contribution >= 4 is 34.5 Å². The molecule has 0 radical (unpaired) electrons. The molecule has 1 aromatic rings.